The fraction of sp³-hybridized carbons (Fsp3) is 0.250. The predicted octanol–water partition coefficient (Wildman–Crippen LogP) is 4.03. The van der Waals surface area contributed by atoms with Crippen molar-refractivity contribution in [2.24, 2.45) is 0 Å². The number of aryl methyl sites for hydroxylation is 2. The van der Waals surface area contributed by atoms with Crippen LogP contribution < -0.4 is 5.32 Å². The molecule has 0 aliphatic rings. The summed E-state index contributed by atoms with van der Waals surface area (Å²) in [5, 5.41) is 11.9. The minimum atomic E-state index is -0.300. The molecule has 3 aromatic rings. The standard InChI is InChI=1S/C16H16ClN5OS/c1-3-8-22-13(9-10(2)20-22)18-16(23)14-15(24-21-19-14)11-4-6-12(17)7-5-11/h4-7,9H,3,8H2,1-2H3,(H,18,23). The lowest BCUT2D eigenvalue weighted by atomic mass is 10.1. The number of amides is 1. The SMILES string of the molecule is CCCn1nc(C)cc1NC(=O)c1nnsc1-c1ccc(Cl)cc1. The summed E-state index contributed by atoms with van der Waals surface area (Å²) < 4.78 is 5.71. The highest BCUT2D eigenvalue weighted by atomic mass is 35.5. The maximum Gasteiger partial charge on any atom is 0.278 e. The lowest BCUT2D eigenvalue weighted by Gasteiger charge is -2.07. The van der Waals surface area contributed by atoms with Crippen LogP contribution in [0, 0.1) is 6.92 Å². The topological polar surface area (TPSA) is 72.7 Å². The summed E-state index contributed by atoms with van der Waals surface area (Å²) in [4.78, 5) is 13.3. The summed E-state index contributed by atoms with van der Waals surface area (Å²) in [6.07, 6.45) is 0.929. The van der Waals surface area contributed by atoms with Crippen LogP contribution in [-0.2, 0) is 6.54 Å². The summed E-state index contributed by atoms with van der Waals surface area (Å²) in [5.41, 5.74) is 2.01. The van der Waals surface area contributed by atoms with Gasteiger partial charge in [-0.15, -0.1) is 5.10 Å². The van der Waals surface area contributed by atoms with E-state index in [0.29, 0.717) is 21.4 Å². The van der Waals surface area contributed by atoms with Gasteiger partial charge in [0.05, 0.1) is 10.6 Å². The Morgan fingerprint density at radius 2 is 2.08 bits per heavy atom. The molecule has 24 heavy (non-hydrogen) atoms. The maximum absolute atomic E-state index is 12.6. The molecule has 0 aliphatic carbocycles. The molecule has 0 aliphatic heterocycles. The van der Waals surface area contributed by atoms with E-state index in [1.54, 1.807) is 16.8 Å². The molecule has 0 saturated heterocycles. The molecular weight excluding hydrogens is 346 g/mol. The zero-order valence-electron chi connectivity index (χ0n) is 13.3. The molecule has 1 N–H and O–H groups in total. The Bertz CT molecular complexity index is 856. The van der Waals surface area contributed by atoms with Crippen molar-refractivity contribution in [1.82, 2.24) is 19.4 Å². The third-order valence-corrected chi connectivity index (χ3v) is 4.42. The molecule has 0 unspecified atom stereocenters. The number of nitrogens with one attached hydrogen (secondary N) is 1. The molecule has 2 heterocycles. The van der Waals surface area contributed by atoms with Crippen LogP contribution in [0.25, 0.3) is 10.4 Å². The Hall–Kier alpha value is -2.25. The van der Waals surface area contributed by atoms with Gasteiger partial charge in [0, 0.05) is 17.6 Å². The van der Waals surface area contributed by atoms with Crippen molar-refractivity contribution in [2.75, 3.05) is 5.32 Å². The quantitative estimate of drug-likeness (QED) is 0.744. The van der Waals surface area contributed by atoms with E-state index in [1.165, 1.54) is 11.5 Å². The number of carbonyl (C=O) groups is 1. The number of carbonyl (C=O) groups excluding carboxylic acids is 1. The Balaban J connectivity index is 1.87. The molecule has 0 fully saturated rings. The van der Waals surface area contributed by atoms with Crippen molar-refractivity contribution in [1.29, 1.82) is 0 Å². The van der Waals surface area contributed by atoms with E-state index in [-0.39, 0.29) is 5.91 Å². The van der Waals surface area contributed by atoms with Gasteiger partial charge in [-0.3, -0.25) is 4.79 Å². The summed E-state index contributed by atoms with van der Waals surface area (Å²) in [7, 11) is 0. The van der Waals surface area contributed by atoms with E-state index in [2.05, 4.69) is 26.9 Å². The molecule has 0 atom stereocenters. The van der Waals surface area contributed by atoms with Crippen LogP contribution >= 0.6 is 23.1 Å². The molecule has 124 valence electrons. The first-order valence-corrected chi connectivity index (χ1v) is 8.67. The first-order chi connectivity index (χ1) is 11.6. The van der Waals surface area contributed by atoms with Crippen LogP contribution in [0.3, 0.4) is 0 Å². The van der Waals surface area contributed by atoms with E-state index < -0.39 is 0 Å². The van der Waals surface area contributed by atoms with Crippen LogP contribution in [-0.4, -0.2) is 25.3 Å². The summed E-state index contributed by atoms with van der Waals surface area (Å²) in [6, 6.07) is 9.09. The van der Waals surface area contributed by atoms with Gasteiger partial charge in [0.2, 0.25) is 0 Å². The van der Waals surface area contributed by atoms with Crippen LogP contribution in [0.4, 0.5) is 5.82 Å². The number of aromatic nitrogens is 4. The average Bonchev–Trinajstić information content (AvgIpc) is 3.16. The van der Waals surface area contributed by atoms with Crippen molar-refractivity contribution in [3.63, 3.8) is 0 Å². The van der Waals surface area contributed by atoms with E-state index in [1.807, 2.05) is 25.1 Å². The molecule has 1 amide bonds. The Morgan fingerprint density at radius 1 is 1.33 bits per heavy atom. The minimum absolute atomic E-state index is 0.296. The second-order valence-corrected chi connectivity index (χ2v) is 6.50. The van der Waals surface area contributed by atoms with Gasteiger partial charge >= 0.3 is 0 Å². The number of hydrogen-bond acceptors (Lipinski definition) is 5. The summed E-state index contributed by atoms with van der Waals surface area (Å²) in [6.45, 7) is 4.69. The second-order valence-electron chi connectivity index (χ2n) is 5.31. The number of halogens is 1. The monoisotopic (exact) mass is 361 g/mol. The highest BCUT2D eigenvalue weighted by Gasteiger charge is 2.19. The normalized spacial score (nSPS) is 10.8. The van der Waals surface area contributed by atoms with Gasteiger partial charge in [-0.1, -0.05) is 35.1 Å². The highest BCUT2D eigenvalue weighted by Crippen LogP contribution is 2.28. The second kappa shape index (κ2) is 7.11. The maximum atomic E-state index is 12.6. The van der Waals surface area contributed by atoms with Gasteiger partial charge in [-0.25, -0.2) is 4.68 Å². The molecule has 3 rings (SSSR count). The van der Waals surface area contributed by atoms with Crippen molar-refractivity contribution in [2.45, 2.75) is 26.8 Å². The van der Waals surface area contributed by atoms with Gasteiger partial charge in [0.1, 0.15) is 5.82 Å². The summed E-state index contributed by atoms with van der Waals surface area (Å²) in [5.74, 6) is 0.361. The Morgan fingerprint density at radius 3 is 2.79 bits per heavy atom. The third-order valence-electron chi connectivity index (χ3n) is 3.39. The summed E-state index contributed by atoms with van der Waals surface area (Å²) >= 11 is 7.09. The number of hydrogen-bond donors (Lipinski definition) is 1. The van der Waals surface area contributed by atoms with Crippen LogP contribution in [0.15, 0.2) is 30.3 Å². The Labute approximate surface area is 148 Å². The largest absolute Gasteiger partial charge is 0.305 e. The zero-order chi connectivity index (χ0) is 17.1. The fourth-order valence-electron chi connectivity index (χ4n) is 2.33. The van der Waals surface area contributed by atoms with Crippen LogP contribution in [0.5, 0.6) is 0 Å². The molecule has 6 nitrogen and oxygen atoms in total. The molecule has 0 saturated carbocycles. The number of rotatable bonds is 5. The lowest BCUT2D eigenvalue weighted by molar-refractivity contribution is 0.102. The Kier molecular flexibility index (Phi) is 4.92. The molecule has 1 aromatic carbocycles. The number of benzene rings is 1. The first-order valence-electron chi connectivity index (χ1n) is 7.52. The van der Waals surface area contributed by atoms with Crippen LogP contribution in [0.1, 0.15) is 29.5 Å². The highest BCUT2D eigenvalue weighted by molar-refractivity contribution is 7.09. The predicted molar refractivity (Wildman–Crippen MR) is 95.6 cm³/mol. The molecule has 0 bridgehead atoms. The third kappa shape index (κ3) is 3.47. The molecule has 8 heteroatoms. The van der Waals surface area contributed by atoms with Crippen molar-refractivity contribution >= 4 is 34.9 Å². The zero-order valence-corrected chi connectivity index (χ0v) is 14.9. The smallest absolute Gasteiger partial charge is 0.278 e. The van der Waals surface area contributed by atoms with Crippen molar-refractivity contribution in [3.8, 4) is 10.4 Å². The number of nitrogens with zero attached hydrogens (tertiary/aromatic N) is 4. The molecule has 0 radical (unpaired) electrons. The molecular formula is C16H16ClN5OS. The van der Waals surface area contributed by atoms with Crippen molar-refractivity contribution < 1.29 is 4.79 Å². The first kappa shape index (κ1) is 16.6. The van der Waals surface area contributed by atoms with Gasteiger partial charge < -0.3 is 5.32 Å². The van der Waals surface area contributed by atoms with E-state index in [0.717, 1.165) is 24.2 Å². The average molecular weight is 362 g/mol. The van der Waals surface area contributed by atoms with Gasteiger partial charge in [0.25, 0.3) is 5.91 Å². The van der Waals surface area contributed by atoms with E-state index in [9.17, 15) is 4.79 Å². The van der Waals surface area contributed by atoms with Gasteiger partial charge in [0.15, 0.2) is 5.69 Å². The van der Waals surface area contributed by atoms with E-state index in [4.69, 9.17) is 11.6 Å². The number of anilines is 1. The van der Waals surface area contributed by atoms with Gasteiger partial charge in [-0.2, -0.15) is 5.10 Å². The lowest BCUT2D eigenvalue weighted by Crippen LogP contribution is -2.17. The van der Waals surface area contributed by atoms with Crippen molar-refractivity contribution in [3.05, 3.63) is 46.7 Å². The van der Waals surface area contributed by atoms with E-state index >= 15 is 0 Å². The van der Waals surface area contributed by atoms with Gasteiger partial charge in [-0.05, 0) is 42.6 Å². The van der Waals surface area contributed by atoms with Crippen LogP contribution in [0.2, 0.25) is 5.02 Å². The minimum Gasteiger partial charge on any atom is -0.305 e. The molecule has 0 spiro atoms. The molecule has 2 aromatic heterocycles. The fourth-order valence-corrected chi connectivity index (χ4v) is 3.13.